The van der Waals surface area contributed by atoms with Crippen molar-refractivity contribution in [2.24, 2.45) is 0 Å². The summed E-state index contributed by atoms with van der Waals surface area (Å²) in [5.41, 5.74) is -2.63. The van der Waals surface area contributed by atoms with Crippen LogP contribution in [0, 0.1) is 6.92 Å². The second-order valence-electron chi connectivity index (χ2n) is 4.26. The highest BCUT2D eigenvalue weighted by Crippen LogP contribution is 2.34. The maximum Gasteiger partial charge on any atom is 0.418 e. The minimum atomic E-state index is -4.66. The zero-order valence-corrected chi connectivity index (χ0v) is 11.1. The molecule has 0 fully saturated rings. The van der Waals surface area contributed by atoms with Crippen LogP contribution >= 0.6 is 0 Å². The molecule has 22 heavy (non-hydrogen) atoms. The van der Waals surface area contributed by atoms with Gasteiger partial charge in [0.1, 0.15) is 11.3 Å². The third kappa shape index (κ3) is 2.92. The zero-order chi connectivity index (χ0) is 16.5. The Morgan fingerprint density at radius 2 is 1.91 bits per heavy atom. The van der Waals surface area contributed by atoms with Gasteiger partial charge in [-0.25, -0.2) is 4.79 Å². The highest BCUT2D eigenvalue weighted by molar-refractivity contribution is 6.10. The number of aromatic carboxylic acids is 1. The van der Waals surface area contributed by atoms with Crippen LogP contribution in [0.4, 0.5) is 18.9 Å². The molecule has 0 unspecified atom stereocenters. The third-order valence-corrected chi connectivity index (χ3v) is 2.77. The summed E-state index contributed by atoms with van der Waals surface area (Å²) in [6, 6.07) is 4.34. The lowest BCUT2D eigenvalue weighted by Crippen LogP contribution is -2.19. The molecular formula is C13H9F3N2O4. The number of anilines is 1. The van der Waals surface area contributed by atoms with Gasteiger partial charge in [-0.1, -0.05) is 17.3 Å². The molecule has 1 aromatic heterocycles. The molecule has 0 radical (unpaired) electrons. The molecule has 0 aliphatic carbocycles. The van der Waals surface area contributed by atoms with Gasteiger partial charge in [-0.05, 0) is 19.1 Å². The molecular weight excluding hydrogens is 305 g/mol. The monoisotopic (exact) mass is 314 g/mol. The smallest absolute Gasteiger partial charge is 0.418 e. The Balaban J connectivity index is 2.39. The van der Waals surface area contributed by atoms with Crippen LogP contribution in [0.25, 0.3) is 0 Å². The lowest BCUT2D eigenvalue weighted by Gasteiger charge is -2.13. The predicted octanol–water partition coefficient (Wildman–Crippen LogP) is 2.95. The number of carboxylic acid groups (broad SMARTS) is 1. The van der Waals surface area contributed by atoms with Gasteiger partial charge in [0.15, 0.2) is 0 Å². The molecule has 0 spiro atoms. The molecule has 1 aromatic carbocycles. The van der Waals surface area contributed by atoms with Crippen LogP contribution in [0.15, 0.2) is 28.8 Å². The first-order valence-corrected chi connectivity index (χ1v) is 5.89. The van der Waals surface area contributed by atoms with E-state index in [1.165, 1.54) is 19.1 Å². The lowest BCUT2D eigenvalue weighted by molar-refractivity contribution is -0.136. The Morgan fingerprint density at radius 3 is 2.50 bits per heavy atom. The summed E-state index contributed by atoms with van der Waals surface area (Å²) in [4.78, 5) is 23.0. The summed E-state index contributed by atoms with van der Waals surface area (Å²) < 4.78 is 43.2. The maximum atomic E-state index is 12.9. The van der Waals surface area contributed by atoms with Crippen molar-refractivity contribution in [2.75, 3.05) is 5.32 Å². The number of hydrogen-bond acceptors (Lipinski definition) is 4. The summed E-state index contributed by atoms with van der Waals surface area (Å²) in [6.45, 7) is 1.28. The number of rotatable bonds is 3. The number of alkyl halides is 3. The Labute approximate surface area is 121 Å². The van der Waals surface area contributed by atoms with Crippen LogP contribution in [0.1, 0.15) is 32.2 Å². The number of aromatic nitrogens is 1. The largest absolute Gasteiger partial charge is 0.476 e. The number of benzene rings is 1. The minimum absolute atomic E-state index is 0.112. The molecule has 1 amide bonds. The average molecular weight is 314 g/mol. The van der Waals surface area contributed by atoms with Crippen LogP contribution in [0.2, 0.25) is 0 Å². The summed E-state index contributed by atoms with van der Waals surface area (Å²) in [5, 5.41) is 14.1. The van der Waals surface area contributed by atoms with Crippen molar-refractivity contribution >= 4 is 17.6 Å². The maximum absolute atomic E-state index is 12.9. The molecule has 0 aliphatic rings. The van der Waals surface area contributed by atoms with E-state index in [2.05, 4.69) is 9.68 Å². The van der Waals surface area contributed by atoms with Gasteiger partial charge in [0.2, 0.25) is 5.69 Å². The van der Waals surface area contributed by atoms with E-state index >= 15 is 0 Å². The molecule has 0 saturated heterocycles. The summed E-state index contributed by atoms with van der Waals surface area (Å²) in [7, 11) is 0. The fraction of sp³-hybridized carbons (Fsp3) is 0.154. The molecule has 2 N–H and O–H groups in total. The molecule has 0 saturated carbocycles. The molecule has 0 bridgehead atoms. The summed E-state index contributed by atoms with van der Waals surface area (Å²) >= 11 is 0. The number of amides is 1. The first kappa shape index (κ1) is 15.5. The SMILES string of the molecule is Cc1onc(C(=O)O)c1C(=O)Nc1ccccc1C(F)(F)F. The van der Waals surface area contributed by atoms with Gasteiger partial charge in [0.05, 0.1) is 11.3 Å². The van der Waals surface area contributed by atoms with Crippen LogP contribution in [-0.4, -0.2) is 22.1 Å². The number of nitrogens with zero attached hydrogens (tertiary/aromatic N) is 1. The van der Waals surface area contributed by atoms with Crippen LogP contribution in [0.5, 0.6) is 0 Å². The van der Waals surface area contributed by atoms with Gasteiger partial charge in [-0.2, -0.15) is 13.2 Å². The van der Waals surface area contributed by atoms with Gasteiger partial charge in [-0.3, -0.25) is 4.79 Å². The Morgan fingerprint density at radius 1 is 1.27 bits per heavy atom. The highest BCUT2D eigenvalue weighted by Gasteiger charge is 2.34. The standard InChI is InChI=1S/C13H9F3N2O4/c1-6-9(10(12(20)21)18-22-6)11(19)17-8-5-3-2-4-7(8)13(14,15)16/h2-5H,1H3,(H,17,19)(H,20,21). The van der Waals surface area contributed by atoms with E-state index in [0.717, 1.165) is 12.1 Å². The van der Waals surface area contributed by atoms with E-state index in [4.69, 9.17) is 5.11 Å². The fourth-order valence-corrected chi connectivity index (χ4v) is 1.81. The van der Waals surface area contributed by atoms with Gasteiger partial charge < -0.3 is 14.9 Å². The van der Waals surface area contributed by atoms with Crippen LogP contribution < -0.4 is 5.32 Å². The summed E-state index contributed by atoms with van der Waals surface area (Å²) in [6.07, 6.45) is -4.66. The van der Waals surface area contributed by atoms with Crippen molar-refractivity contribution in [3.05, 3.63) is 46.8 Å². The van der Waals surface area contributed by atoms with Crippen molar-refractivity contribution in [2.45, 2.75) is 13.1 Å². The molecule has 2 rings (SSSR count). The van der Waals surface area contributed by atoms with Crippen molar-refractivity contribution < 1.29 is 32.4 Å². The third-order valence-electron chi connectivity index (χ3n) is 2.77. The van der Waals surface area contributed by atoms with Gasteiger partial charge in [-0.15, -0.1) is 0 Å². The van der Waals surface area contributed by atoms with Crippen LogP contribution in [-0.2, 0) is 6.18 Å². The van der Waals surface area contributed by atoms with Crippen molar-refractivity contribution in [1.82, 2.24) is 5.16 Å². The number of carboxylic acids is 1. The number of aryl methyl sites for hydroxylation is 1. The second kappa shape index (κ2) is 5.51. The average Bonchev–Trinajstić information content (AvgIpc) is 2.80. The van der Waals surface area contributed by atoms with Crippen LogP contribution in [0.3, 0.4) is 0 Å². The number of para-hydroxylation sites is 1. The van der Waals surface area contributed by atoms with E-state index in [1.807, 2.05) is 5.32 Å². The highest BCUT2D eigenvalue weighted by atomic mass is 19.4. The normalized spacial score (nSPS) is 11.3. The van der Waals surface area contributed by atoms with E-state index in [-0.39, 0.29) is 5.76 Å². The van der Waals surface area contributed by atoms with Gasteiger partial charge in [0.25, 0.3) is 5.91 Å². The molecule has 2 aromatic rings. The molecule has 0 atom stereocenters. The number of carbonyl (C=O) groups excluding carboxylic acids is 1. The Hall–Kier alpha value is -2.84. The molecule has 116 valence electrons. The topological polar surface area (TPSA) is 92.4 Å². The Bertz CT molecular complexity index is 737. The van der Waals surface area contributed by atoms with E-state index < -0.39 is 40.6 Å². The zero-order valence-electron chi connectivity index (χ0n) is 11.1. The first-order valence-electron chi connectivity index (χ1n) is 5.89. The second-order valence-corrected chi connectivity index (χ2v) is 4.26. The fourth-order valence-electron chi connectivity index (χ4n) is 1.81. The summed E-state index contributed by atoms with van der Waals surface area (Å²) in [5.74, 6) is -2.68. The lowest BCUT2D eigenvalue weighted by atomic mass is 10.1. The van der Waals surface area contributed by atoms with E-state index in [1.54, 1.807) is 0 Å². The number of hydrogen-bond donors (Lipinski definition) is 2. The quantitative estimate of drug-likeness (QED) is 0.908. The van der Waals surface area contributed by atoms with Crippen molar-refractivity contribution in [3.8, 4) is 0 Å². The predicted molar refractivity (Wildman–Crippen MR) is 67.6 cm³/mol. The van der Waals surface area contributed by atoms with Crippen molar-refractivity contribution in [1.29, 1.82) is 0 Å². The van der Waals surface area contributed by atoms with E-state index in [9.17, 15) is 22.8 Å². The Kier molecular flexibility index (Phi) is 3.89. The van der Waals surface area contributed by atoms with Gasteiger partial charge in [0, 0.05) is 0 Å². The molecule has 6 nitrogen and oxygen atoms in total. The molecule has 1 heterocycles. The number of carbonyl (C=O) groups is 2. The first-order chi connectivity index (χ1) is 10.2. The molecule has 9 heteroatoms. The number of halogens is 3. The van der Waals surface area contributed by atoms with Gasteiger partial charge >= 0.3 is 12.1 Å². The number of nitrogens with one attached hydrogen (secondary N) is 1. The minimum Gasteiger partial charge on any atom is -0.476 e. The van der Waals surface area contributed by atoms with E-state index in [0.29, 0.717) is 0 Å². The molecule has 0 aliphatic heterocycles. The van der Waals surface area contributed by atoms with Crippen molar-refractivity contribution in [3.63, 3.8) is 0 Å².